The molecule has 0 aliphatic carbocycles. The van der Waals surface area contributed by atoms with Gasteiger partial charge in [-0.3, -0.25) is 0 Å². The third-order valence-electron chi connectivity index (χ3n) is 3.80. The number of halogens is 3. The highest BCUT2D eigenvalue weighted by atomic mass is 19.4. The van der Waals surface area contributed by atoms with Crippen molar-refractivity contribution in [1.29, 1.82) is 0 Å². The van der Waals surface area contributed by atoms with E-state index in [-0.39, 0.29) is 5.97 Å². The Hall–Kier alpha value is -2.36. The molecule has 0 amide bonds. The van der Waals surface area contributed by atoms with Crippen LogP contribution in [0.4, 0.5) is 18.9 Å². The Morgan fingerprint density at radius 2 is 1.92 bits per heavy atom. The lowest BCUT2D eigenvalue weighted by Crippen LogP contribution is -2.71. The van der Waals surface area contributed by atoms with Crippen LogP contribution in [-0.4, -0.2) is 61.5 Å². The molecule has 7 nitrogen and oxygen atoms in total. The summed E-state index contributed by atoms with van der Waals surface area (Å²) in [6.45, 7) is 4.41. The standard InChI is InChI=1S/C12H15N3O2.C2HF3O2/c1-17-11(16)10-3-2-9(4-14-10)15-7-12(8-15)5-13-6-12;3-2(4,5)1(6)7/h2-4,13H,5-8H2,1H3;(H,6,7). The van der Waals surface area contributed by atoms with Gasteiger partial charge in [-0.15, -0.1) is 0 Å². The van der Waals surface area contributed by atoms with E-state index in [2.05, 4.69) is 19.9 Å². The summed E-state index contributed by atoms with van der Waals surface area (Å²) < 4.78 is 36.3. The van der Waals surface area contributed by atoms with Gasteiger partial charge in [-0.2, -0.15) is 13.2 Å². The van der Waals surface area contributed by atoms with E-state index in [1.54, 1.807) is 12.3 Å². The van der Waals surface area contributed by atoms with Crippen molar-refractivity contribution >= 4 is 17.6 Å². The molecule has 0 bridgehead atoms. The number of methoxy groups -OCH3 is 1. The Labute approximate surface area is 135 Å². The summed E-state index contributed by atoms with van der Waals surface area (Å²) in [4.78, 5) is 26.5. The number of aliphatic carboxylic acids is 1. The van der Waals surface area contributed by atoms with Crippen molar-refractivity contribution in [3.8, 4) is 0 Å². The zero-order chi connectivity index (χ0) is 18.0. The minimum atomic E-state index is -5.08. The third kappa shape index (κ3) is 3.94. The van der Waals surface area contributed by atoms with Crippen LogP contribution in [0.5, 0.6) is 0 Å². The number of aromatic nitrogens is 1. The summed E-state index contributed by atoms with van der Waals surface area (Å²) in [6, 6.07) is 3.64. The molecule has 2 aliphatic heterocycles. The van der Waals surface area contributed by atoms with Crippen molar-refractivity contribution in [3.05, 3.63) is 24.0 Å². The molecule has 1 spiro atoms. The van der Waals surface area contributed by atoms with Crippen molar-refractivity contribution in [3.63, 3.8) is 0 Å². The smallest absolute Gasteiger partial charge is 0.475 e. The summed E-state index contributed by atoms with van der Waals surface area (Å²) in [7, 11) is 1.36. The molecular weight excluding hydrogens is 331 g/mol. The average molecular weight is 347 g/mol. The van der Waals surface area contributed by atoms with E-state index in [9.17, 15) is 18.0 Å². The molecule has 0 radical (unpaired) electrons. The Balaban J connectivity index is 0.000000256. The first-order chi connectivity index (χ1) is 11.2. The molecular formula is C14H16F3N3O4. The van der Waals surface area contributed by atoms with Gasteiger partial charge in [0, 0.05) is 31.6 Å². The van der Waals surface area contributed by atoms with Crippen LogP contribution in [0.2, 0.25) is 0 Å². The minimum Gasteiger partial charge on any atom is -0.475 e. The van der Waals surface area contributed by atoms with E-state index in [0.29, 0.717) is 11.1 Å². The van der Waals surface area contributed by atoms with Crippen LogP contribution < -0.4 is 10.2 Å². The Morgan fingerprint density at radius 1 is 1.33 bits per heavy atom. The van der Waals surface area contributed by atoms with Gasteiger partial charge in [0.1, 0.15) is 5.69 Å². The van der Waals surface area contributed by atoms with Crippen molar-refractivity contribution in [2.45, 2.75) is 6.18 Å². The zero-order valence-corrected chi connectivity index (χ0v) is 12.8. The number of nitrogens with zero attached hydrogens (tertiary/aromatic N) is 2. The van der Waals surface area contributed by atoms with Gasteiger partial charge in [0.25, 0.3) is 0 Å². The molecule has 3 rings (SSSR count). The van der Waals surface area contributed by atoms with Gasteiger partial charge in [0.05, 0.1) is 19.0 Å². The van der Waals surface area contributed by atoms with Crippen LogP contribution >= 0.6 is 0 Å². The first-order valence-corrected chi connectivity index (χ1v) is 6.97. The number of carboxylic acids is 1. The molecule has 0 aromatic carbocycles. The monoisotopic (exact) mass is 347 g/mol. The Bertz CT molecular complexity index is 607. The summed E-state index contributed by atoms with van der Waals surface area (Å²) in [5.74, 6) is -3.15. The molecule has 132 valence electrons. The average Bonchev–Trinajstić information content (AvgIpc) is 2.44. The van der Waals surface area contributed by atoms with Crippen LogP contribution in [0.1, 0.15) is 10.5 Å². The van der Waals surface area contributed by atoms with Gasteiger partial charge in [-0.05, 0) is 12.1 Å². The van der Waals surface area contributed by atoms with Gasteiger partial charge < -0.3 is 20.1 Å². The van der Waals surface area contributed by atoms with E-state index in [1.165, 1.54) is 7.11 Å². The second-order valence-corrected chi connectivity index (χ2v) is 5.66. The van der Waals surface area contributed by atoms with Gasteiger partial charge in [-0.1, -0.05) is 0 Å². The fraction of sp³-hybridized carbons (Fsp3) is 0.500. The van der Waals surface area contributed by atoms with Crippen LogP contribution in [-0.2, 0) is 9.53 Å². The van der Waals surface area contributed by atoms with Crippen LogP contribution in [0.15, 0.2) is 18.3 Å². The maximum Gasteiger partial charge on any atom is 0.490 e. The van der Waals surface area contributed by atoms with Crippen LogP contribution in [0, 0.1) is 5.41 Å². The molecule has 1 aromatic heterocycles. The first kappa shape index (κ1) is 18.0. The quantitative estimate of drug-likeness (QED) is 0.769. The fourth-order valence-corrected chi connectivity index (χ4v) is 2.45. The number of hydrogen-bond donors (Lipinski definition) is 2. The molecule has 24 heavy (non-hydrogen) atoms. The van der Waals surface area contributed by atoms with E-state index in [1.807, 2.05) is 6.07 Å². The van der Waals surface area contributed by atoms with Gasteiger partial charge >= 0.3 is 18.1 Å². The first-order valence-electron chi connectivity index (χ1n) is 6.97. The lowest BCUT2D eigenvalue weighted by Gasteiger charge is -2.57. The summed E-state index contributed by atoms with van der Waals surface area (Å²) in [6.07, 6.45) is -3.34. The molecule has 2 N–H and O–H groups in total. The SMILES string of the molecule is COC(=O)c1ccc(N2CC3(CNC3)C2)cn1.O=C(O)C(F)(F)F. The molecule has 2 saturated heterocycles. The normalized spacial score (nSPS) is 17.9. The van der Waals surface area contributed by atoms with Crippen molar-refractivity contribution in [1.82, 2.24) is 10.3 Å². The van der Waals surface area contributed by atoms with Crippen LogP contribution in [0.3, 0.4) is 0 Å². The van der Waals surface area contributed by atoms with E-state index in [4.69, 9.17) is 9.90 Å². The van der Waals surface area contributed by atoms with Gasteiger partial charge in [0.15, 0.2) is 0 Å². The predicted molar refractivity (Wildman–Crippen MR) is 76.8 cm³/mol. The number of pyridine rings is 1. The number of anilines is 1. The number of carbonyl (C=O) groups excluding carboxylic acids is 1. The highest BCUT2D eigenvalue weighted by Gasteiger charge is 2.47. The summed E-state index contributed by atoms with van der Waals surface area (Å²) in [5.41, 5.74) is 1.94. The predicted octanol–water partition coefficient (Wildman–Crippen LogP) is 0.911. The number of carbonyl (C=O) groups is 2. The number of esters is 1. The summed E-state index contributed by atoms with van der Waals surface area (Å²) >= 11 is 0. The molecule has 2 aliphatic rings. The van der Waals surface area contributed by atoms with Crippen LogP contribution in [0.25, 0.3) is 0 Å². The largest absolute Gasteiger partial charge is 0.490 e. The third-order valence-corrected chi connectivity index (χ3v) is 3.80. The van der Waals surface area contributed by atoms with Crippen molar-refractivity contribution in [2.24, 2.45) is 5.41 Å². The fourth-order valence-electron chi connectivity index (χ4n) is 2.45. The van der Waals surface area contributed by atoms with Crippen molar-refractivity contribution in [2.75, 3.05) is 38.2 Å². The second-order valence-electron chi connectivity index (χ2n) is 5.66. The highest BCUT2D eigenvalue weighted by molar-refractivity contribution is 5.87. The van der Waals surface area contributed by atoms with E-state index >= 15 is 0 Å². The number of alkyl halides is 3. The lowest BCUT2D eigenvalue weighted by atomic mass is 9.74. The molecule has 0 saturated carbocycles. The topological polar surface area (TPSA) is 91.8 Å². The molecule has 1 aromatic rings. The minimum absolute atomic E-state index is 0.358. The second kappa shape index (κ2) is 6.63. The maximum atomic E-state index is 11.2. The van der Waals surface area contributed by atoms with Gasteiger partial charge in [0.2, 0.25) is 0 Å². The highest BCUT2D eigenvalue weighted by Crippen LogP contribution is 2.36. The maximum absolute atomic E-state index is 11.2. The lowest BCUT2D eigenvalue weighted by molar-refractivity contribution is -0.192. The number of rotatable bonds is 2. The number of carboxylic acid groups (broad SMARTS) is 1. The molecule has 0 atom stereocenters. The Kier molecular flexibility index (Phi) is 4.97. The summed E-state index contributed by atoms with van der Waals surface area (Å²) in [5, 5.41) is 10.4. The molecule has 2 fully saturated rings. The molecule has 0 unspecified atom stereocenters. The van der Waals surface area contributed by atoms with Gasteiger partial charge in [-0.25, -0.2) is 14.6 Å². The number of ether oxygens (including phenoxy) is 1. The molecule has 3 heterocycles. The zero-order valence-electron chi connectivity index (χ0n) is 12.8. The van der Waals surface area contributed by atoms with E-state index in [0.717, 1.165) is 31.9 Å². The van der Waals surface area contributed by atoms with E-state index < -0.39 is 12.1 Å². The molecule has 10 heteroatoms. The number of hydrogen-bond acceptors (Lipinski definition) is 6. The Morgan fingerprint density at radius 3 is 2.25 bits per heavy atom. The van der Waals surface area contributed by atoms with Crippen molar-refractivity contribution < 1.29 is 32.6 Å². The number of nitrogens with one attached hydrogen (secondary N) is 1.